The molecule has 1 heterocycles. The van der Waals surface area contributed by atoms with Gasteiger partial charge in [-0.2, -0.15) is 0 Å². The van der Waals surface area contributed by atoms with Crippen LogP contribution in [0, 0.1) is 10.1 Å². The van der Waals surface area contributed by atoms with Gasteiger partial charge < -0.3 is 5.32 Å². The summed E-state index contributed by atoms with van der Waals surface area (Å²) < 4.78 is 0. The molecular formula is C10H12N2O2. The molecule has 0 bridgehead atoms. The molecule has 0 unspecified atom stereocenters. The number of allylic oxidation sites excluding steroid dienone is 3. The van der Waals surface area contributed by atoms with Crippen LogP contribution in [0.15, 0.2) is 35.1 Å². The maximum atomic E-state index is 10.6. The second-order valence-electron chi connectivity index (χ2n) is 3.45. The number of rotatable bonds is 1. The number of piperidine rings is 1. The smallest absolute Gasteiger partial charge is 0.266 e. The molecule has 0 aromatic carbocycles. The summed E-state index contributed by atoms with van der Waals surface area (Å²) in [5, 5.41) is 13.8. The molecule has 1 fully saturated rings. The van der Waals surface area contributed by atoms with Crippen LogP contribution in [-0.2, 0) is 0 Å². The van der Waals surface area contributed by atoms with Crippen molar-refractivity contribution in [3.05, 3.63) is 45.2 Å². The fourth-order valence-corrected chi connectivity index (χ4v) is 1.78. The second kappa shape index (κ2) is 3.75. The maximum Gasteiger partial charge on any atom is 0.266 e. The summed E-state index contributed by atoms with van der Waals surface area (Å²) in [7, 11) is 0. The first kappa shape index (κ1) is 9.15. The van der Waals surface area contributed by atoms with Crippen molar-refractivity contribution >= 4 is 0 Å². The zero-order valence-electron chi connectivity index (χ0n) is 7.82. The monoisotopic (exact) mass is 192 g/mol. The van der Waals surface area contributed by atoms with E-state index >= 15 is 0 Å². The number of hydrogen-bond donors (Lipinski definition) is 1. The molecule has 0 aromatic heterocycles. The van der Waals surface area contributed by atoms with E-state index in [0.717, 1.165) is 25.1 Å². The normalized spacial score (nSPS) is 21.3. The number of fused-ring (bicyclic) bond motifs is 1. The summed E-state index contributed by atoms with van der Waals surface area (Å²) in [4.78, 5) is 10.3. The van der Waals surface area contributed by atoms with Gasteiger partial charge in [0, 0.05) is 12.6 Å². The SMILES string of the molecule is O=[N+]([O-])C1=CCC=C2CCNCC2=C1. The highest BCUT2D eigenvalue weighted by Crippen LogP contribution is 2.22. The van der Waals surface area contributed by atoms with Gasteiger partial charge in [0.2, 0.25) is 0 Å². The van der Waals surface area contributed by atoms with Gasteiger partial charge in [-0.3, -0.25) is 10.1 Å². The first-order valence-corrected chi connectivity index (χ1v) is 4.72. The van der Waals surface area contributed by atoms with Crippen LogP contribution in [0.3, 0.4) is 0 Å². The number of nitrogens with one attached hydrogen (secondary N) is 1. The van der Waals surface area contributed by atoms with Crippen LogP contribution >= 0.6 is 0 Å². The molecule has 0 atom stereocenters. The Labute approximate surface area is 82.1 Å². The van der Waals surface area contributed by atoms with Gasteiger partial charge in [0.05, 0.1) is 4.92 Å². The van der Waals surface area contributed by atoms with Gasteiger partial charge in [-0.1, -0.05) is 6.08 Å². The highest BCUT2D eigenvalue weighted by Gasteiger charge is 2.17. The van der Waals surface area contributed by atoms with E-state index in [0.29, 0.717) is 6.42 Å². The summed E-state index contributed by atoms with van der Waals surface area (Å²) >= 11 is 0. The largest absolute Gasteiger partial charge is 0.312 e. The van der Waals surface area contributed by atoms with E-state index < -0.39 is 0 Å². The van der Waals surface area contributed by atoms with Crippen LogP contribution in [0.25, 0.3) is 0 Å². The van der Waals surface area contributed by atoms with Crippen LogP contribution in [0.2, 0.25) is 0 Å². The van der Waals surface area contributed by atoms with Crippen molar-refractivity contribution in [3.63, 3.8) is 0 Å². The molecule has 4 heteroatoms. The second-order valence-corrected chi connectivity index (χ2v) is 3.45. The van der Waals surface area contributed by atoms with Gasteiger partial charge in [-0.25, -0.2) is 0 Å². The number of hydrogen-bond acceptors (Lipinski definition) is 3. The molecular weight excluding hydrogens is 180 g/mol. The molecule has 74 valence electrons. The third-order valence-electron chi connectivity index (χ3n) is 2.52. The Kier molecular flexibility index (Phi) is 2.45. The number of nitro groups is 1. The Hall–Kier alpha value is -1.42. The average molecular weight is 192 g/mol. The minimum Gasteiger partial charge on any atom is -0.312 e. The van der Waals surface area contributed by atoms with Gasteiger partial charge in [0.1, 0.15) is 0 Å². The summed E-state index contributed by atoms with van der Waals surface area (Å²) in [5.74, 6) is 0. The molecule has 14 heavy (non-hydrogen) atoms. The van der Waals surface area contributed by atoms with Gasteiger partial charge in [-0.05, 0) is 36.6 Å². The van der Waals surface area contributed by atoms with Crippen molar-refractivity contribution in [3.8, 4) is 0 Å². The van der Waals surface area contributed by atoms with Crippen molar-refractivity contribution in [1.82, 2.24) is 5.32 Å². The molecule has 1 saturated heterocycles. The van der Waals surface area contributed by atoms with Crippen LogP contribution in [0.1, 0.15) is 12.8 Å². The van der Waals surface area contributed by atoms with Crippen molar-refractivity contribution in [2.75, 3.05) is 13.1 Å². The van der Waals surface area contributed by atoms with Crippen LogP contribution in [0.5, 0.6) is 0 Å². The van der Waals surface area contributed by atoms with Gasteiger partial charge >= 0.3 is 0 Å². The predicted molar refractivity (Wildman–Crippen MR) is 53.3 cm³/mol. The molecule has 2 rings (SSSR count). The number of nitrogens with zero attached hydrogens (tertiary/aromatic N) is 1. The van der Waals surface area contributed by atoms with Gasteiger partial charge in [-0.15, -0.1) is 0 Å². The van der Waals surface area contributed by atoms with E-state index in [4.69, 9.17) is 0 Å². The Morgan fingerprint density at radius 2 is 2.21 bits per heavy atom. The maximum absolute atomic E-state index is 10.6. The molecule has 0 amide bonds. The third kappa shape index (κ3) is 1.75. The van der Waals surface area contributed by atoms with E-state index in [2.05, 4.69) is 11.4 Å². The molecule has 2 aliphatic rings. The first-order chi connectivity index (χ1) is 6.77. The molecule has 1 N–H and O–H groups in total. The van der Waals surface area contributed by atoms with E-state index in [9.17, 15) is 10.1 Å². The molecule has 0 spiro atoms. The Balaban J connectivity index is 2.29. The Morgan fingerprint density at radius 3 is 3.00 bits per heavy atom. The predicted octanol–water partition coefficient (Wildman–Crippen LogP) is 1.40. The zero-order chi connectivity index (χ0) is 9.97. The fraction of sp³-hybridized carbons (Fsp3) is 0.400. The minimum absolute atomic E-state index is 0.218. The fourth-order valence-electron chi connectivity index (χ4n) is 1.78. The lowest BCUT2D eigenvalue weighted by atomic mass is 9.99. The Morgan fingerprint density at radius 1 is 1.36 bits per heavy atom. The quantitative estimate of drug-likeness (QED) is 0.504. The van der Waals surface area contributed by atoms with Crippen molar-refractivity contribution < 1.29 is 4.92 Å². The molecule has 4 nitrogen and oxygen atoms in total. The molecule has 1 aliphatic heterocycles. The molecule has 0 radical (unpaired) electrons. The molecule has 1 aliphatic carbocycles. The minimum atomic E-state index is -0.321. The van der Waals surface area contributed by atoms with Gasteiger partial charge in [0.15, 0.2) is 0 Å². The van der Waals surface area contributed by atoms with Crippen LogP contribution < -0.4 is 5.32 Å². The topological polar surface area (TPSA) is 55.2 Å². The standard InChI is InChI=1S/C10H12N2O2/c13-12(14)10-3-1-2-8-4-5-11-7-9(8)6-10/h2-3,6,11H,1,4-5,7H2. The highest BCUT2D eigenvalue weighted by atomic mass is 16.6. The molecule has 0 saturated carbocycles. The van der Waals surface area contributed by atoms with E-state index in [1.54, 1.807) is 12.2 Å². The lowest BCUT2D eigenvalue weighted by molar-refractivity contribution is -0.419. The average Bonchev–Trinajstić information content (AvgIpc) is 2.39. The highest BCUT2D eigenvalue weighted by molar-refractivity contribution is 5.40. The van der Waals surface area contributed by atoms with Crippen molar-refractivity contribution in [2.45, 2.75) is 12.8 Å². The van der Waals surface area contributed by atoms with E-state index in [-0.39, 0.29) is 10.6 Å². The summed E-state index contributed by atoms with van der Waals surface area (Å²) in [5.41, 5.74) is 2.54. The summed E-state index contributed by atoms with van der Waals surface area (Å²) in [6.45, 7) is 1.72. The van der Waals surface area contributed by atoms with Crippen molar-refractivity contribution in [2.24, 2.45) is 0 Å². The van der Waals surface area contributed by atoms with E-state index in [1.165, 1.54) is 5.57 Å². The van der Waals surface area contributed by atoms with E-state index in [1.807, 2.05) is 0 Å². The first-order valence-electron chi connectivity index (χ1n) is 4.72. The van der Waals surface area contributed by atoms with Crippen LogP contribution in [0.4, 0.5) is 0 Å². The lowest BCUT2D eigenvalue weighted by Gasteiger charge is -2.18. The molecule has 0 aromatic rings. The summed E-state index contributed by atoms with van der Waals surface area (Å²) in [6, 6.07) is 0. The lowest BCUT2D eigenvalue weighted by Crippen LogP contribution is -2.25. The van der Waals surface area contributed by atoms with Crippen molar-refractivity contribution in [1.29, 1.82) is 0 Å². The third-order valence-corrected chi connectivity index (χ3v) is 2.52. The zero-order valence-corrected chi connectivity index (χ0v) is 7.82. The summed E-state index contributed by atoms with van der Waals surface area (Å²) in [6.07, 6.45) is 7.09. The Bertz CT molecular complexity index is 353. The van der Waals surface area contributed by atoms with Gasteiger partial charge in [0.25, 0.3) is 5.70 Å². The van der Waals surface area contributed by atoms with Crippen LogP contribution in [-0.4, -0.2) is 18.0 Å².